The predicted molar refractivity (Wildman–Crippen MR) is 115 cm³/mol. The van der Waals surface area contributed by atoms with Gasteiger partial charge in [0, 0.05) is 49.6 Å². The van der Waals surface area contributed by atoms with Crippen LogP contribution >= 0.6 is 27.2 Å². The van der Waals surface area contributed by atoms with Gasteiger partial charge in [0.1, 0.15) is 0 Å². The van der Waals surface area contributed by atoms with Crippen LogP contribution in [0.3, 0.4) is 0 Å². The van der Waals surface area contributed by atoms with Crippen LogP contribution in [0, 0.1) is 0 Å². The maximum atomic E-state index is 3.78. The Labute approximate surface area is 198 Å². The number of nitrogens with zero attached hydrogens (tertiary/aromatic N) is 4. The topological polar surface area (TPSA) is 51.6 Å². The van der Waals surface area contributed by atoms with Crippen molar-refractivity contribution in [3.05, 3.63) is 122 Å². The standard InChI is InChI=1S/4C5H5N.3BrH.Rh/c4*1-2-4-6-5-3-1;;;;/h4*1-5H;3*1H;/q;;;;;;;+1/p-3. The van der Waals surface area contributed by atoms with Crippen molar-refractivity contribution in [3.63, 3.8) is 0 Å². The van der Waals surface area contributed by atoms with E-state index in [-0.39, 0.29) is 17.0 Å². The first-order chi connectivity index (χ1) is 13.4. The van der Waals surface area contributed by atoms with Crippen LogP contribution in [0.15, 0.2) is 122 Å². The zero-order valence-electron chi connectivity index (χ0n) is 14.8. The zero-order valence-corrected chi connectivity index (χ0v) is 21.2. The van der Waals surface area contributed by atoms with Crippen LogP contribution in [0.5, 0.6) is 0 Å². The summed E-state index contributed by atoms with van der Waals surface area (Å²) in [7, 11) is 0. The summed E-state index contributed by atoms with van der Waals surface area (Å²) in [5.41, 5.74) is 0. The van der Waals surface area contributed by atoms with Crippen LogP contribution in [0.4, 0.5) is 0 Å². The van der Waals surface area contributed by atoms with Crippen molar-refractivity contribution in [2.75, 3.05) is 0 Å². The van der Waals surface area contributed by atoms with Gasteiger partial charge in [0.15, 0.2) is 0 Å². The molecule has 0 fully saturated rings. The summed E-state index contributed by atoms with van der Waals surface area (Å²) >= 11 is 6.72. The molecule has 0 aliphatic rings. The van der Waals surface area contributed by atoms with Gasteiger partial charge in [0.2, 0.25) is 0 Å². The monoisotopic (exact) mass is 656 g/mol. The summed E-state index contributed by atoms with van der Waals surface area (Å²) in [6.07, 6.45) is 14.0. The summed E-state index contributed by atoms with van der Waals surface area (Å²) in [5.74, 6) is 0. The maximum absolute atomic E-state index is 3.78. The Morgan fingerprint density at radius 1 is 0.357 bits per heavy atom. The van der Waals surface area contributed by atoms with Gasteiger partial charge in [-0.05, 0) is 48.5 Å². The molecule has 4 nitrogen and oxygen atoms in total. The summed E-state index contributed by atoms with van der Waals surface area (Å²) in [6.45, 7) is 0. The molecule has 0 radical (unpaired) electrons. The molecule has 0 amide bonds. The van der Waals surface area contributed by atoms with E-state index >= 15 is 0 Å². The van der Waals surface area contributed by atoms with Crippen LogP contribution < -0.4 is 17.0 Å². The summed E-state index contributed by atoms with van der Waals surface area (Å²) in [4.78, 5) is 15.1. The second kappa shape index (κ2) is 27.9. The maximum Gasteiger partial charge on any atom is 0.0267 e. The second-order valence-electron chi connectivity index (χ2n) is 4.15. The Hall–Kier alpha value is -1.34. The fourth-order valence-corrected chi connectivity index (χ4v) is 1.25. The molecule has 0 aromatic carbocycles. The molecule has 0 unspecified atom stereocenters. The van der Waals surface area contributed by atoms with E-state index in [1.165, 1.54) is 0 Å². The molecule has 0 spiro atoms. The summed E-state index contributed by atoms with van der Waals surface area (Å²) in [5, 5.41) is 0. The molecule has 152 valence electrons. The van der Waals surface area contributed by atoms with Crippen LogP contribution in [0.2, 0.25) is 0 Å². The van der Waals surface area contributed by atoms with Crippen molar-refractivity contribution >= 4 is 27.2 Å². The number of pyridine rings is 4. The van der Waals surface area contributed by atoms with Gasteiger partial charge < -0.3 is 17.0 Å². The Morgan fingerprint density at radius 2 is 0.500 bits per heavy atom. The van der Waals surface area contributed by atoms with E-state index in [4.69, 9.17) is 0 Å². The van der Waals surface area contributed by atoms with Gasteiger partial charge in [-0.3, -0.25) is 19.9 Å². The molecular weight excluding hydrogens is 639 g/mol. The molecule has 4 aromatic heterocycles. The van der Waals surface area contributed by atoms with Crippen molar-refractivity contribution in [2.24, 2.45) is 0 Å². The van der Waals surface area contributed by atoms with E-state index in [9.17, 15) is 0 Å². The van der Waals surface area contributed by atoms with E-state index in [0.29, 0.717) is 13.2 Å². The molecule has 0 N–H and O–H groups in total. The molecule has 0 aliphatic heterocycles. The fourth-order valence-electron chi connectivity index (χ4n) is 1.25. The molecule has 28 heavy (non-hydrogen) atoms. The largest absolute Gasteiger partial charge is 0.265 e. The second-order valence-corrected chi connectivity index (χ2v) is 11.7. The molecule has 8 heteroatoms. The molecule has 0 aliphatic carbocycles. The molecular formula is C20H20Br3N4Rh-2. The first kappa shape index (κ1) is 28.9. The third-order valence-corrected chi connectivity index (χ3v) is 2.27. The van der Waals surface area contributed by atoms with Gasteiger partial charge >= 0.3 is 40.5 Å². The SMILES string of the molecule is [Br-].[Br][Rh-][Br].c1ccncc1.c1ccncc1.c1ccncc1.c1ccncc1. The fraction of sp³-hybridized carbons (Fsp3) is 0. The Kier molecular flexibility index (Phi) is 28.7. The van der Waals surface area contributed by atoms with Crippen LogP contribution in [0.1, 0.15) is 0 Å². The van der Waals surface area contributed by atoms with Crippen molar-refractivity contribution in [1.82, 2.24) is 19.9 Å². The van der Waals surface area contributed by atoms with Gasteiger partial charge in [-0.15, -0.1) is 0 Å². The molecule has 4 rings (SSSR count). The van der Waals surface area contributed by atoms with E-state index < -0.39 is 0 Å². The van der Waals surface area contributed by atoms with Crippen molar-refractivity contribution in [3.8, 4) is 0 Å². The number of aromatic nitrogens is 4. The quantitative estimate of drug-likeness (QED) is 0.273. The van der Waals surface area contributed by atoms with Crippen LogP contribution in [0.25, 0.3) is 0 Å². The molecule has 4 aromatic rings. The minimum atomic E-state index is 0. The van der Waals surface area contributed by atoms with E-state index in [1.807, 2.05) is 72.8 Å². The van der Waals surface area contributed by atoms with Gasteiger partial charge in [-0.2, -0.15) is 0 Å². The number of hydrogen-bond donors (Lipinski definition) is 0. The summed E-state index contributed by atoms with van der Waals surface area (Å²) in [6, 6.07) is 22.9. The van der Waals surface area contributed by atoms with Crippen LogP contribution in [-0.2, 0) is 13.2 Å². The molecule has 0 bridgehead atoms. The average molecular weight is 659 g/mol. The van der Waals surface area contributed by atoms with Gasteiger partial charge in [0.05, 0.1) is 0 Å². The van der Waals surface area contributed by atoms with Crippen molar-refractivity contribution in [2.45, 2.75) is 0 Å². The zero-order chi connectivity index (χ0) is 19.7. The third kappa shape index (κ3) is 26.9. The molecule has 0 saturated carbocycles. The smallest absolute Gasteiger partial charge is 0.0267 e. The minimum Gasteiger partial charge on any atom is -0.265 e. The number of rotatable bonds is 0. The first-order valence-electron chi connectivity index (χ1n) is 7.65. The van der Waals surface area contributed by atoms with E-state index in [1.54, 1.807) is 49.6 Å². The number of hydrogen-bond acceptors (Lipinski definition) is 4. The normalized spacial score (nSPS) is 7.64. The van der Waals surface area contributed by atoms with Gasteiger partial charge in [0.25, 0.3) is 0 Å². The van der Waals surface area contributed by atoms with E-state index in [2.05, 4.69) is 47.2 Å². The van der Waals surface area contributed by atoms with E-state index in [0.717, 1.165) is 0 Å². The summed E-state index contributed by atoms with van der Waals surface area (Å²) < 4.78 is 0. The molecule has 0 atom stereocenters. The first-order valence-corrected chi connectivity index (χ1v) is 15.1. The Morgan fingerprint density at radius 3 is 0.536 bits per heavy atom. The van der Waals surface area contributed by atoms with Gasteiger partial charge in [-0.25, -0.2) is 0 Å². The Balaban J connectivity index is 0. The van der Waals surface area contributed by atoms with Crippen molar-refractivity contribution < 1.29 is 30.2 Å². The molecule has 4 heterocycles. The average Bonchev–Trinajstić information content (AvgIpc) is 2.80. The van der Waals surface area contributed by atoms with Crippen LogP contribution in [-0.4, -0.2) is 19.9 Å². The predicted octanol–water partition coefficient (Wildman–Crippen LogP) is 3.02. The number of halogens is 3. The Bertz CT molecular complexity index is 464. The minimum absolute atomic E-state index is 0. The van der Waals surface area contributed by atoms with Gasteiger partial charge in [-0.1, -0.05) is 24.3 Å². The third-order valence-electron chi connectivity index (χ3n) is 2.27. The van der Waals surface area contributed by atoms with Crippen molar-refractivity contribution in [1.29, 1.82) is 0 Å². The molecule has 0 saturated heterocycles.